The first kappa shape index (κ1) is 28.2. The number of amides is 1. The van der Waals surface area contributed by atoms with Gasteiger partial charge in [-0.25, -0.2) is 18.4 Å². The zero-order valence-electron chi connectivity index (χ0n) is 22.4. The molecule has 14 heteroatoms. The number of piperidine rings is 1. The number of aromatic nitrogens is 1. The lowest BCUT2D eigenvalue weighted by molar-refractivity contribution is -0.0250. The number of aliphatic hydroxyl groups excluding tert-OH is 1. The molecule has 2 saturated heterocycles. The Hall–Kier alpha value is -3.88. The quantitative estimate of drug-likeness (QED) is 0.368. The third kappa shape index (κ3) is 4.72. The summed E-state index contributed by atoms with van der Waals surface area (Å²) >= 11 is 1.27. The minimum absolute atomic E-state index is 0.00523. The van der Waals surface area contributed by atoms with Crippen molar-refractivity contribution >= 4 is 46.1 Å². The van der Waals surface area contributed by atoms with Gasteiger partial charge in [0.15, 0.2) is 11.6 Å². The fourth-order valence-electron chi connectivity index (χ4n) is 5.59. The van der Waals surface area contributed by atoms with E-state index in [-0.39, 0.29) is 79.1 Å². The number of pyridine rings is 1. The van der Waals surface area contributed by atoms with E-state index in [2.05, 4.69) is 0 Å². The van der Waals surface area contributed by atoms with Gasteiger partial charge in [0.2, 0.25) is 5.43 Å². The van der Waals surface area contributed by atoms with Crippen LogP contribution in [0.15, 0.2) is 40.2 Å². The molecule has 42 heavy (non-hydrogen) atoms. The molecule has 0 aliphatic carbocycles. The van der Waals surface area contributed by atoms with Gasteiger partial charge in [-0.15, -0.1) is 0 Å². The van der Waals surface area contributed by atoms with Crippen LogP contribution in [0.3, 0.4) is 0 Å². The van der Waals surface area contributed by atoms with Crippen LogP contribution < -0.4 is 20.0 Å². The predicted octanol–water partition coefficient (Wildman–Crippen LogP) is 3.33. The van der Waals surface area contributed by atoms with Gasteiger partial charge in [0.25, 0.3) is 0 Å². The van der Waals surface area contributed by atoms with Crippen molar-refractivity contribution in [1.29, 1.82) is 0 Å². The number of carbonyl (C=O) groups is 2. The second-order valence-electron chi connectivity index (χ2n) is 10.6. The van der Waals surface area contributed by atoms with Crippen LogP contribution in [0.2, 0.25) is 0 Å². The fourth-order valence-corrected chi connectivity index (χ4v) is 6.74. The first-order valence-electron chi connectivity index (χ1n) is 13.3. The predicted molar refractivity (Wildman–Crippen MR) is 149 cm³/mol. The molecule has 3 aromatic rings. The number of benzene rings is 2. The topological polar surface area (TPSA) is 142 Å². The highest BCUT2D eigenvalue weighted by Crippen LogP contribution is 2.47. The van der Waals surface area contributed by atoms with Crippen molar-refractivity contribution in [3.8, 4) is 5.75 Å². The van der Waals surface area contributed by atoms with E-state index in [0.717, 1.165) is 12.1 Å². The lowest BCUT2D eigenvalue weighted by Crippen LogP contribution is -2.48. The Labute approximate surface area is 241 Å². The van der Waals surface area contributed by atoms with Gasteiger partial charge in [-0.3, -0.25) is 9.69 Å². The summed E-state index contributed by atoms with van der Waals surface area (Å²) in [5, 5.41) is 30.1. The van der Waals surface area contributed by atoms with Crippen LogP contribution >= 0.6 is 11.8 Å². The van der Waals surface area contributed by atoms with Crippen LogP contribution in [-0.4, -0.2) is 76.5 Å². The Morgan fingerprint density at radius 3 is 2.52 bits per heavy atom. The molecule has 3 N–H and O–H groups in total. The lowest BCUT2D eigenvalue weighted by atomic mass is 9.92. The molecular formula is C28H27F2N3O8S. The van der Waals surface area contributed by atoms with Crippen molar-refractivity contribution in [2.24, 2.45) is 0 Å². The summed E-state index contributed by atoms with van der Waals surface area (Å²) < 4.78 is 42.4. The molecule has 2 atom stereocenters. The van der Waals surface area contributed by atoms with Crippen LogP contribution in [0.5, 0.6) is 5.75 Å². The van der Waals surface area contributed by atoms with E-state index in [9.17, 15) is 34.1 Å². The number of fused-ring (bicyclic) bond motifs is 3. The number of aromatic carboxylic acids is 1. The molecule has 3 aliphatic heterocycles. The first-order chi connectivity index (χ1) is 20.0. The molecule has 11 nitrogen and oxygen atoms in total. The normalized spacial score (nSPS) is 21.2. The standard InChI is InChI=1S/C28H27F2N3O8S/c1-14-33-20-10-21(18(29)9-17(20)24(35)23(26(36)37)25(33)42-14)31-6-4-28(39,5-7-31)13-40-22-3-2-15(8-19(22)30)32-11-16(12-34)41-27(32)38/h2-3,8-10,14,16,34,39H,4-7,11-13H2,1H3,(H,36,37)/t14?,16-/m1/s1. The molecular weight excluding hydrogens is 576 g/mol. The second-order valence-corrected chi connectivity index (χ2v) is 11.9. The molecule has 222 valence electrons. The lowest BCUT2D eigenvalue weighted by Gasteiger charge is -2.39. The summed E-state index contributed by atoms with van der Waals surface area (Å²) in [5.41, 5.74) is -1.48. The van der Waals surface area contributed by atoms with Crippen molar-refractivity contribution in [3.63, 3.8) is 0 Å². The van der Waals surface area contributed by atoms with Crippen molar-refractivity contribution in [2.75, 3.05) is 42.6 Å². The summed E-state index contributed by atoms with van der Waals surface area (Å²) in [6.07, 6.45) is -1.000. The molecule has 1 unspecified atom stereocenters. The average molecular weight is 604 g/mol. The number of hydrogen-bond acceptors (Lipinski definition) is 9. The SMILES string of the molecule is CC1Sc2c(C(=O)O)c(=O)c3cc(F)c(N4CCC(O)(COc5ccc(N6C[C@H](CO)OC6=O)cc5F)CC4)cc3n21. The highest BCUT2D eigenvalue weighted by Gasteiger charge is 2.37. The zero-order chi connectivity index (χ0) is 29.9. The fraction of sp³-hybridized carbons (Fsp3) is 0.393. The van der Waals surface area contributed by atoms with Crippen molar-refractivity contribution in [2.45, 2.75) is 41.9 Å². The van der Waals surface area contributed by atoms with E-state index >= 15 is 4.39 Å². The van der Waals surface area contributed by atoms with Gasteiger partial charge in [-0.05, 0) is 44.0 Å². The monoisotopic (exact) mass is 603 g/mol. The number of anilines is 2. The van der Waals surface area contributed by atoms with Gasteiger partial charge in [0.1, 0.15) is 29.7 Å². The number of aliphatic hydroxyl groups is 2. The molecule has 6 rings (SSSR count). The number of carboxylic acids is 1. The third-order valence-corrected chi connectivity index (χ3v) is 9.10. The maximum atomic E-state index is 15.3. The van der Waals surface area contributed by atoms with Crippen LogP contribution in [0, 0.1) is 11.6 Å². The Morgan fingerprint density at radius 2 is 1.90 bits per heavy atom. The Morgan fingerprint density at radius 1 is 1.17 bits per heavy atom. The van der Waals surface area contributed by atoms with Crippen LogP contribution in [0.4, 0.5) is 25.0 Å². The van der Waals surface area contributed by atoms with Crippen molar-refractivity contribution < 1.29 is 43.2 Å². The van der Waals surface area contributed by atoms with E-state index in [0.29, 0.717) is 10.5 Å². The maximum absolute atomic E-state index is 15.3. The van der Waals surface area contributed by atoms with Gasteiger partial charge < -0.3 is 34.3 Å². The van der Waals surface area contributed by atoms with Gasteiger partial charge in [0.05, 0.1) is 40.4 Å². The Kier molecular flexibility index (Phi) is 7.02. The number of nitrogens with zero attached hydrogens (tertiary/aromatic N) is 3. The number of thioether (sulfide) groups is 1. The number of halogens is 2. The summed E-state index contributed by atoms with van der Waals surface area (Å²) in [6, 6.07) is 6.57. The van der Waals surface area contributed by atoms with Crippen molar-refractivity contribution in [3.05, 3.63) is 57.8 Å². The number of carbonyl (C=O) groups excluding carboxylic acids is 1. The molecule has 2 aromatic carbocycles. The summed E-state index contributed by atoms with van der Waals surface area (Å²) in [4.78, 5) is 39.5. The van der Waals surface area contributed by atoms with Crippen molar-refractivity contribution in [1.82, 2.24) is 4.57 Å². The van der Waals surface area contributed by atoms with Gasteiger partial charge in [-0.2, -0.15) is 0 Å². The third-order valence-electron chi connectivity index (χ3n) is 7.92. The Bertz CT molecular complexity index is 1670. The van der Waals surface area contributed by atoms with Gasteiger partial charge in [-0.1, -0.05) is 11.8 Å². The van der Waals surface area contributed by atoms with E-state index in [1.54, 1.807) is 15.5 Å². The highest BCUT2D eigenvalue weighted by molar-refractivity contribution is 8.00. The van der Waals surface area contributed by atoms with E-state index in [4.69, 9.17) is 9.47 Å². The molecule has 3 aliphatic rings. The molecule has 0 saturated carbocycles. The summed E-state index contributed by atoms with van der Waals surface area (Å²) in [5.74, 6) is -2.88. The smallest absolute Gasteiger partial charge is 0.414 e. The number of carboxylic acid groups (broad SMARTS) is 1. The maximum Gasteiger partial charge on any atom is 0.414 e. The molecule has 1 amide bonds. The minimum atomic E-state index is -1.35. The molecule has 0 bridgehead atoms. The number of rotatable bonds is 7. The van der Waals surface area contributed by atoms with E-state index in [1.165, 1.54) is 28.8 Å². The number of hydrogen-bond donors (Lipinski definition) is 3. The molecule has 2 fully saturated rings. The molecule has 1 aromatic heterocycles. The Balaban J connectivity index is 1.15. The zero-order valence-corrected chi connectivity index (χ0v) is 23.2. The average Bonchev–Trinajstić information content (AvgIpc) is 3.33. The second kappa shape index (κ2) is 10.4. The van der Waals surface area contributed by atoms with Crippen LogP contribution in [0.25, 0.3) is 10.9 Å². The van der Waals surface area contributed by atoms with Crippen LogP contribution in [0.1, 0.15) is 35.5 Å². The summed E-state index contributed by atoms with van der Waals surface area (Å²) in [6.45, 7) is 1.89. The van der Waals surface area contributed by atoms with Gasteiger partial charge in [0, 0.05) is 24.5 Å². The van der Waals surface area contributed by atoms with Gasteiger partial charge >= 0.3 is 12.1 Å². The highest BCUT2D eigenvalue weighted by atomic mass is 32.2. The van der Waals surface area contributed by atoms with E-state index < -0.39 is 40.8 Å². The first-order valence-corrected chi connectivity index (χ1v) is 14.2. The number of cyclic esters (lactones) is 1. The molecule has 0 radical (unpaired) electrons. The number of ether oxygens (including phenoxy) is 2. The molecule has 4 heterocycles. The minimum Gasteiger partial charge on any atom is -0.488 e. The van der Waals surface area contributed by atoms with Crippen LogP contribution in [-0.2, 0) is 4.74 Å². The molecule has 0 spiro atoms. The van der Waals surface area contributed by atoms with E-state index in [1.807, 2.05) is 6.92 Å². The summed E-state index contributed by atoms with van der Waals surface area (Å²) in [7, 11) is 0. The largest absolute Gasteiger partial charge is 0.488 e.